The van der Waals surface area contributed by atoms with Crippen LogP contribution in [0.4, 0.5) is 11.9 Å². The number of morpholine rings is 1. The van der Waals surface area contributed by atoms with E-state index in [-0.39, 0.29) is 24.9 Å². The minimum atomic E-state index is -0.325. The van der Waals surface area contributed by atoms with E-state index >= 15 is 0 Å². The second-order valence-corrected chi connectivity index (χ2v) is 6.67. The van der Waals surface area contributed by atoms with Crippen LogP contribution in [-0.4, -0.2) is 73.7 Å². The lowest BCUT2D eigenvalue weighted by atomic mass is 10.2. The van der Waals surface area contributed by atoms with Crippen molar-refractivity contribution in [3.8, 4) is 0 Å². The van der Waals surface area contributed by atoms with Gasteiger partial charge in [-0.2, -0.15) is 15.0 Å². The molecular formula is C19H25N7O3. The van der Waals surface area contributed by atoms with Gasteiger partial charge in [-0.1, -0.05) is 18.2 Å². The average molecular weight is 399 g/mol. The summed E-state index contributed by atoms with van der Waals surface area (Å²) in [5.74, 6) is 0.907. The number of carbonyl (C=O) groups excluding carboxylic acids is 2. The van der Waals surface area contributed by atoms with Gasteiger partial charge in [0.15, 0.2) is 5.82 Å². The summed E-state index contributed by atoms with van der Waals surface area (Å²) in [4.78, 5) is 41.3. The standard InChI is InChI=1S/C19H25N7O3/c1-25(2)18-22-15(23-19(24-18)26-8-10-29-11-9-26)12-20-16(27)13-21-17(28)14-6-4-3-5-7-14/h3-7H,8-13H2,1-2H3,(H,20,27)(H,21,28). The molecule has 0 radical (unpaired) electrons. The third-order valence-corrected chi connectivity index (χ3v) is 4.24. The lowest BCUT2D eigenvalue weighted by Crippen LogP contribution is -2.39. The van der Waals surface area contributed by atoms with E-state index in [1.54, 1.807) is 29.2 Å². The zero-order chi connectivity index (χ0) is 20.6. The Balaban J connectivity index is 1.58. The van der Waals surface area contributed by atoms with E-state index in [0.29, 0.717) is 49.6 Å². The molecule has 2 aromatic rings. The number of hydrogen-bond acceptors (Lipinski definition) is 8. The van der Waals surface area contributed by atoms with Crippen LogP contribution in [0.3, 0.4) is 0 Å². The Labute approximate surface area is 169 Å². The lowest BCUT2D eigenvalue weighted by Gasteiger charge is -2.27. The van der Waals surface area contributed by atoms with Crippen molar-refractivity contribution in [1.82, 2.24) is 25.6 Å². The molecule has 0 atom stereocenters. The Bertz CT molecular complexity index is 839. The highest BCUT2D eigenvalue weighted by molar-refractivity contribution is 5.96. The van der Waals surface area contributed by atoms with Crippen LogP contribution in [0.25, 0.3) is 0 Å². The molecule has 29 heavy (non-hydrogen) atoms. The molecule has 1 fully saturated rings. The molecule has 0 unspecified atom stereocenters. The van der Waals surface area contributed by atoms with Crippen molar-refractivity contribution >= 4 is 23.7 Å². The zero-order valence-corrected chi connectivity index (χ0v) is 16.6. The quantitative estimate of drug-likeness (QED) is 0.659. The fraction of sp³-hybridized carbons (Fsp3) is 0.421. The van der Waals surface area contributed by atoms with Crippen LogP contribution in [0.15, 0.2) is 30.3 Å². The van der Waals surface area contributed by atoms with Gasteiger partial charge in [0.05, 0.1) is 26.3 Å². The van der Waals surface area contributed by atoms with E-state index in [2.05, 4.69) is 25.6 Å². The predicted octanol–water partition coefficient (Wildman–Crippen LogP) is -0.180. The van der Waals surface area contributed by atoms with Crippen molar-refractivity contribution in [3.63, 3.8) is 0 Å². The van der Waals surface area contributed by atoms with Gasteiger partial charge in [-0.15, -0.1) is 0 Å². The summed E-state index contributed by atoms with van der Waals surface area (Å²) in [5.41, 5.74) is 0.503. The summed E-state index contributed by atoms with van der Waals surface area (Å²) >= 11 is 0. The molecule has 3 rings (SSSR count). The van der Waals surface area contributed by atoms with Crippen LogP contribution in [0.5, 0.6) is 0 Å². The van der Waals surface area contributed by atoms with E-state index in [1.165, 1.54) is 0 Å². The molecule has 0 bridgehead atoms. The fourth-order valence-electron chi connectivity index (χ4n) is 2.67. The van der Waals surface area contributed by atoms with Gasteiger partial charge in [0.1, 0.15) is 0 Å². The van der Waals surface area contributed by atoms with Gasteiger partial charge in [-0.25, -0.2) is 0 Å². The second-order valence-electron chi connectivity index (χ2n) is 6.67. The molecule has 1 aliphatic rings. The van der Waals surface area contributed by atoms with Crippen LogP contribution in [0.2, 0.25) is 0 Å². The molecule has 10 nitrogen and oxygen atoms in total. The molecule has 2 N–H and O–H groups in total. The molecule has 1 aliphatic heterocycles. The van der Waals surface area contributed by atoms with Crippen LogP contribution in [0.1, 0.15) is 16.2 Å². The fourth-order valence-corrected chi connectivity index (χ4v) is 2.67. The first-order valence-electron chi connectivity index (χ1n) is 9.38. The molecule has 1 aromatic carbocycles. The molecule has 1 aromatic heterocycles. The van der Waals surface area contributed by atoms with E-state index in [9.17, 15) is 9.59 Å². The summed E-state index contributed by atoms with van der Waals surface area (Å²) in [7, 11) is 3.69. The van der Waals surface area contributed by atoms with Gasteiger partial charge in [0.25, 0.3) is 5.91 Å². The Kier molecular flexibility index (Phi) is 6.90. The third kappa shape index (κ3) is 5.85. The van der Waals surface area contributed by atoms with Crippen molar-refractivity contribution in [1.29, 1.82) is 0 Å². The van der Waals surface area contributed by atoms with Gasteiger partial charge in [0, 0.05) is 32.7 Å². The molecule has 2 heterocycles. The second kappa shape index (κ2) is 9.78. The number of aromatic nitrogens is 3. The molecule has 0 aliphatic carbocycles. The largest absolute Gasteiger partial charge is 0.378 e. The van der Waals surface area contributed by atoms with E-state index < -0.39 is 0 Å². The average Bonchev–Trinajstić information content (AvgIpc) is 2.77. The van der Waals surface area contributed by atoms with Crippen molar-refractivity contribution < 1.29 is 14.3 Å². The van der Waals surface area contributed by atoms with Crippen molar-refractivity contribution in [2.24, 2.45) is 0 Å². The SMILES string of the molecule is CN(C)c1nc(CNC(=O)CNC(=O)c2ccccc2)nc(N2CCOCC2)n1. The van der Waals surface area contributed by atoms with Crippen LogP contribution >= 0.6 is 0 Å². The number of nitrogens with zero attached hydrogens (tertiary/aromatic N) is 5. The van der Waals surface area contributed by atoms with Gasteiger partial charge in [0.2, 0.25) is 17.8 Å². The molecule has 10 heteroatoms. The van der Waals surface area contributed by atoms with Gasteiger partial charge in [-0.3, -0.25) is 9.59 Å². The van der Waals surface area contributed by atoms with Crippen LogP contribution < -0.4 is 20.4 Å². The van der Waals surface area contributed by atoms with Crippen molar-refractivity contribution in [2.75, 3.05) is 56.7 Å². The Hall–Kier alpha value is -3.27. The highest BCUT2D eigenvalue weighted by Crippen LogP contribution is 2.14. The third-order valence-electron chi connectivity index (χ3n) is 4.24. The number of hydrogen-bond donors (Lipinski definition) is 2. The smallest absolute Gasteiger partial charge is 0.251 e. The number of amides is 2. The molecular weight excluding hydrogens is 374 g/mol. The molecule has 0 spiro atoms. The normalized spacial score (nSPS) is 13.7. The number of rotatable bonds is 7. The van der Waals surface area contributed by atoms with E-state index in [1.807, 2.05) is 25.1 Å². The number of benzene rings is 1. The molecule has 154 valence electrons. The summed E-state index contributed by atoms with van der Waals surface area (Å²) in [6, 6.07) is 8.74. The van der Waals surface area contributed by atoms with E-state index in [0.717, 1.165) is 0 Å². The van der Waals surface area contributed by atoms with Crippen LogP contribution in [-0.2, 0) is 16.1 Å². The van der Waals surface area contributed by atoms with E-state index in [4.69, 9.17) is 4.74 Å². The number of carbonyl (C=O) groups is 2. The Morgan fingerprint density at radius 3 is 2.48 bits per heavy atom. The number of anilines is 2. The van der Waals surface area contributed by atoms with Crippen LogP contribution in [0, 0.1) is 0 Å². The lowest BCUT2D eigenvalue weighted by molar-refractivity contribution is -0.120. The first-order chi connectivity index (χ1) is 14.0. The first kappa shape index (κ1) is 20.5. The Morgan fingerprint density at radius 2 is 1.79 bits per heavy atom. The maximum Gasteiger partial charge on any atom is 0.251 e. The highest BCUT2D eigenvalue weighted by atomic mass is 16.5. The summed E-state index contributed by atoms with van der Waals surface area (Å²) < 4.78 is 5.37. The maximum atomic E-state index is 12.1. The number of nitrogens with one attached hydrogen (secondary N) is 2. The molecule has 1 saturated heterocycles. The van der Waals surface area contributed by atoms with Gasteiger partial charge in [-0.05, 0) is 12.1 Å². The summed E-state index contributed by atoms with van der Waals surface area (Å²) in [6.45, 7) is 2.66. The Morgan fingerprint density at radius 1 is 1.07 bits per heavy atom. The van der Waals surface area contributed by atoms with Crippen molar-refractivity contribution in [3.05, 3.63) is 41.7 Å². The van der Waals surface area contributed by atoms with Gasteiger partial charge < -0.3 is 25.2 Å². The summed E-state index contributed by atoms with van der Waals surface area (Å²) in [5, 5.41) is 5.33. The minimum absolute atomic E-state index is 0.129. The molecule has 0 saturated carbocycles. The first-order valence-corrected chi connectivity index (χ1v) is 9.38. The highest BCUT2D eigenvalue weighted by Gasteiger charge is 2.17. The topological polar surface area (TPSA) is 113 Å². The maximum absolute atomic E-state index is 12.1. The zero-order valence-electron chi connectivity index (χ0n) is 16.6. The predicted molar refractivity (Wildman–Crippen MR) is 108 cm³/mol. The number of ether oxygens (including phenoxy) is 1. The van der Waals surface area contributed by atoms with Crippen molar-refractivity contribution in [2.45, 2.75) is 6.54 Å². The van der Waals surface area contributed by atoms with Gasteiger partial charge >= 0.3 is 0 Å². The minimum Gasteiger partial charge on any atom is -0.378 e. The summed E-state index contributed by atoms with van der Waals surface area (Å²) in [6.07, 6.45) is 0. The molecule has 2 amide bonds. The monoisotopic (exact) mass is 399 g/mol.